The topological polar surface area (TPSA) is 56.2 Å². The largest absolute Gasteiger partial charge is 0.440 e. The second-order valence-corrected chi connectivity index (χ2v) is 4.03. The Labute approximate surface area is 104 Å². The second kappa shape index (κ2) is 4.04. The molecule has 2 aromatic carbocycles. The monoisotopic (exact) mass is 237 g/mol. The van der Waals surface area contributed by atoms with Crippen LogP contribution in [0.15, 0.2) is 59.0 Å². The minimum absolute atomic E-state index is 0.113. The molecule has 3 rings (SSSR count). The van der Waals surface area contributed by atoms with Gasteiger partial charge in [0.2, 0.25) is 5.88 Å². The molecule has 2 N–H and O–H groups in total. The van der Waals surface area contributed by atoms with Gasteiger partial charge in [-0.15, -0.1) is 0 Å². The van der Waals surface area contributed by atoms with Gasteiger partial charge in [0.1, 0.15) is 5.58 Å². The van der Waals surface area contributed by atoms with Crippen LogP contribution in [0.3, 0.4) is 0 Å². The molecule has 3 aromatic rings. The normalized spacial score (nSPS) is 10.7. The summed E-state index contributed by atoms with van der Waals surface area (Å²) in [6, 6.07) is 16.4. The van der Waals surface area contributed by atoms with Gasteiger partial charge in [0, 0.05) is 10.9 Å². The number of nitrogens with two attached hydrogens (primary N) is 1. The first-order valence-corrected chi connectivity index (χ1v) is 5.64. The van der Waals surface area contributed by atoms with Crippen LogP contribution >= 0.6 is 0 Å². The van der Waals surface area contributed by atoms with Crippen LogP contribution in [0.4, 0.5) is 5.88 Å². The lowest BCUT2D eigenvalue weighted by Gasteiger charge is -1.99. The van der Waals surface area contributed by atoms with Gasteiger partial charge in [0.25, 0.3) is 0 Å². The summed E-state index contributed by atoms with van der Waals surface area (Å²) in [5.41, 5.74) is 7.49. The maximum absolute atomic E-state index is 12.4. The van der Waals surface area contributed by atoms with Crippen molar-refractivity contribution in [1.29, 1.82) is 0 Å². The maximum atomic E-state index is 12.4. The minimum atomic E-state index is -0.113. The Morgan fingerprint density at radius 2 is 1.61 bits per heavy atom. The smallest absolute Gasteiger partial charge is 0.202 e. The molecule has 0 saturated carbocycles. The van der Waals surface area contributed by atoms with Crippen LogP contribution < -0.4 is 5.73 Å². The number of carbonyl (C=O) groups is 1. The highest BCUT2D eigenvalue weighted by Crippen LogP contribution is 2.29. The molecule has 3 heteroatoms. The van der Waals surface area contributed by atoms with Gasteiger partial charge >= 0.3 is 0 Å². The fraction of sp³-hybridized carbons (Fsp3) is 0. The Morgan fingerprint density at radius 3 is 2.39 bits per heavy atom. The standard InChI is InChI=1S/C15H11NO2/c16-15-13(11-8-4-5-9-12(11)18-15)14(17)10-6-2-1-3-7-10/h1-9H,16H2. The molecule has 0 unspecified atom stereocenters. The molecule has 1 heterocycles. The zero-order valence-electron chi connectivity index (χ0n) is 9.59. The predicted octanol–water partition coefficient (Wildman–Crippen LogP) is 3.25. The summed E-state index contributed by atoms with van der Waals surface area (Å²) in [6.07, 6.45) is 0. The molecule has 0 aliphatic carbocycles. The first-order valence-electron chi connectivity index (χ1n) is 5.64. The summed E-state index contributed by atoms with van der Waals surface area (Å²) in [5, 5.41) is 0.754. The Morgan fingerprint density at radius 1 is 0.944 bits per heavy atom. The molecule has 0 atom stereocenters. The Hall–Kier alpha value is -2.55. The summed E-state index contributed by atoms with van der Waals surface area (Å²) in [6.45, 7) is 0. The maximum Gasteiger partial charge on any atom is 0.202 e. The molecule has 1 aromatic heterocycles. The number of ketones is 1. The van der Waals surface area contributed by atoms with Crippen LogP contribution in [0, 0.1) is 0 Å². The van der Waals surface area contributed by atoms with E-state index in [0.717, 1.165) is 5.39 Å². The lowest BCUT2D eigenvalue weighted by atomic mass is 10.0. The number of nitrogen functional groups attached to an aromatic ring is 1. The summed E-state index contributed by atoms with van der Waals surface area (Å²) < 4.78 is 5.40. The molecule has 0 saturated heterocycles. The van der Waals surface area contributed by atoms with E-state index in [1.54, 1.807) is 18.2 Å². The van der Waals surface area contributed by atoms with Crippen LogP contribution in [-0.4, -0.2) is 5.78 Å². The van der Waals surface area contributed by atoms with Gasteiger partial charge in [-0.3, -0.25) is 4.79 Å². The number of furan rings is 1. The highest BCUT2D eigenvalue weighted by Gasteiger charge is 2.19. The first-order chi connectivity index (χ1) is 8.77. The Bertz CT molecular complexity index is 714. The summed E-state index contributed by atoms with van der Waals surface area (Å²) in [7, 11) is 0. The molecule has 0 amide bonds. The average Bonchev–Trinajstić information content (AvgIpc) is 2.75. The molecule has 0 radical (unpaired) electrons. The second-order valence-electron chi connectivity index (χ2n) is 4.03. The Kier molecular flexibility index (Phi) is 2.38. The third-order valence-corrected chi connectivity index (χ3v) is 2.89. The van der Waals surface area contributed by atoms with E-state index < -0.39 is 0 Å². The van der Waals surface area contributed by atoms with Crippen molar-refractivity contribution in [2.45, 2.75) is 0 Å². The van der Waals surface area contributed by atoms with Gasteiger partial charge in [-0.05, 0) is 6.07 Å². The number of rotatable bonds is 2. The molecule has 0 bridgehead atoms. The van der Waals surface area contributed by atoms with E-state index >= 15 is 0 Å². The van der Waals surface area contributed by atoms with Gasteiger partial charge in [0.15, 0.2) is 5.78 Å². The van der Waals surface area contributed by atoms with E-state index in [2.05, 4.69) is 0 Å². The van der Waals surface area contributed by atoms with E-state index in [-0.39, 0.29) is 11.7 Å². The number of carbonyl (C=O) groups excluding carboxylic acids is 1. The van der Waals surface area contributed by atoms with Crippen molar-refractivity contribution in [1.82, 2.24) is 0 Å². The van der Waals surface area contributed by atoms with E-state index in [0.29, 0.717) is 16.7 Å². The lowest BCUT2D eigenvalue weighted by molar-refractivity contribution is 0.104. The third kappa shape index (κ3) is 1.57. The van der Waals surface area contributed by atoms with Gasteiger partial charge < -0.3 is 10.2 Å². The Balaban J connectivity index is 2.21. The van der Waals surface area contributed by atoms with Crippen molar-refractivity contribution in [3.8, 4) is 0 Å². The fourth-order valence-electron chi connectivity index (χ4n) is 2.03. The quantitative estimate of drug-likeness (QED) is 0.696. The van der Waals surface area contributed by atoms with Gasteiger partial charge in [0.05, 0.1) is 5.56 Å². The zero-order valence-corrected chi connectivity index (χ0v) is 9.59. The highest BCUT2D eigenvalue weighted by atomic mass is 16.3. The molecule has 88 valence electrons. The minimum Gasteiger partial charge on any atom is -0.440 e. The van der Waals surface area contributed by atoms with E-state index in [9.17, 15) is 4.79 Å². The van der Waals surface area contributed by atoms with Crippen molar-refractivity contribution in [2.24, 2.45) is 0 Å². The van der Waals surface area contributed by atoms with E-state index in [1.165, 1.54) is 0 Å². The van der Waals surface area contributed by atoms with Crippen LogP contribution in [0.25, 0.3) is 11.0 Å². The van der Waals surface area contributed by atoms with Crippen molar-refractivity contribution in [3.63, 3.8) is 0 Å². The predicted molar refractivity (Wildman–Crippen MR) is 70.5 cm³/mol. The van der Waals surface area contributed by atoms with Crippen molar-refractivity contribution < 1.29 is 9.21 Å². The third-order valence-electron chi connectivity index (χ3n) is 2.89. The van der Waals surface area contributed by atoms with E-state index in [4.69, 9.17) is 10.2 Å². The molecular formula is C15H11NO2. The average molecular weight is 237 g/mol. The summed E-state index contributed by atoms with van der Waals surface area (Å²) in [5.74, 6) is 0.0584. The van der Waals surface area contributed by atoms with Crippen molar-refractivity contribution in [3.05, 3.63) is 65.7 Å². The fourth-order valence-corrected chi connectivity index (χ4v) is 2.03. The number of anilines is 1. The number of hydrogen-bond donors (Lipinski definition) is 1. The molecule has 0 aliphatic heterocycles. The molecule has 0 aliphatic rings. The number of benzene rings is 2. The van der Waals surface area contributed by atoms with Crippen LogP contribution in [-0.2, 0) is 0 Å². The number of fused-ring (bicyclic) bond motifs is 1. The first kappa shape index (κ1) is 10.6. The summed E-state index contributed by atoms with van der Waals surface area (Å²) >= 11 is 0. The van der Waals surface area contributed by atoms with Crippen LogP contribution in [0.5, 0.6) is 0 Å². The number of para-hydroxylation sites is 1. The van der Waals surface area contributed by atoms with E-state index in [1.807, 2.05) is 36.4 Å². The summed E-state index contributed by atoms with van der Waals surface area (Å²) in [4.78, 5) is 12.4. The SMILES string of the molecule is Nc1oc2ccccc2c1C(=O)c1ccccc1. The van der Waals surface area contributed by atoms with Crippen molar-refractivity contribution >= 4 is 22.6 Å². The molecule has 0 fully saturated rings. The van der Waals surface area contributed by atoms with Crippen LogP contribution in [0.1, 0.15) is 15.9 Å². The van der Waals surface area contributed by atoms with Gasteiger partial charge in [-0.1, -0.05) is 48.5 Å². The van der Waals surface area contributed by atoms with Crippen molar-refractivity contribution in [2.75, 3.05) is 5.73 Å². The zero-order chi connectivity index (χ0) is 12.5. The molecular weight excluding hydrogens is 226 g/mol. The van der Waals surface area contributed by atoms with Crippen LogP contribution in [0.2, 0.25) is 0 Å². The number of hydrogen-bond acceptors (Lipinski definition) is 3. The molecule has 0 spiro atoms. The van der Waals surface area contributed by atoms with Gasteiger partial charge in [-0.2, -0.15) is 0 Å². The molecule has 18 heavy (non-hydrogen) atoms. The van der Waals surface area contributed by atoms with Gasteiger partial charge in [-0.25, -0.2) is 0 Å². The lowest BCUT2D eigenvalue weighted by Crippen LogP contribution is -2.03. The highest BCUT2D eigenvalue weighted by molar-refractivity contribution is 6.18. The molecule has 3 nitrogen and oxygen atoms in total.